The summed E-state index contributed by atoms with van der Waals surface area (Å²) in [7, 11) is -7.06. The minimum atomic E-state index is -4.33. The number of nitrogens with one attached hydrogen (secondary N) is 2. The zero-order chi connectivity index (χ0) is 31.0. The third kappa shape index (κ3) is 10.9. The number of benzene rings is 2. The minimum absolute atomic E-state index is 0.219. The number of carbonyl (C=O) groups is 2. The van der Waals surface area contributed by atoms with Crippen molar-refractivity contribution in [3.63, 3.8) is 0 Å². The SMILES string of the molecule is COC(=O)C(CP(=O)(O)C(NS(=O)(=O)CCCc1ccccc1)C(C)C)c1cccc(NC(=O)OC(C)(C)C)c1C. The molecule has 0 aliphatic carbocycles. The van der Waals surface area contributed by atoms with Crippen LogP contribution in [0.3, 0.4) is 0 Å². The number of aryl methyl sites for hydroxylation is 1. The van der Waals surface area contributed by atoms with Crippen LogP contribution in [0.2, 0.25) is 0 Å². The number of carbonyl (C=O) groups excluding carboxylic acids is 2. The maximum Gasteiger partial charge on any atom is 0.412 e. The highest BCUT2D eigenvalue weighted by atomic mass is 32.2. The lowest BCUT2D eigenvalue weighted by molar-refractivity contribution is -0.141. The molecule has 0 saturated carbocycles. The Labute approximate surface area is 243 Å². The summed E-state index contributed by atoms with van der Waals surface area (Å²) in [4.78, 5) is 36.5. The number of methoxy groups -OCH3 is 1. The highest BCUT2D eigenvalue weighted by Gasteiger charge is 2.41. The van der Waals surface area contributed by atoms with Gasteiger partial charge < -0.3 is 14.4 Å². The Hall–Kier alpha value is -2.72. The van der Waals surface area contributed by atoms with E-state index in [4.69, 9.17) is 9.47 Å². The maximum atomic E-state index is 13.8. The molecular formula is C29H43N2O8PS. The summed E-state index contributed by atoms with van der Waals surface area (Å²) in [6.45, 7) is 10.1. The number of hydrogen-bond donors (Lipinski definition) is 3. The fraction of sp³-hybridized carbons (Fsp3) is 0.517. The quantitative estimate of drug-likeness (QED) is 0.202. The second kappa shape index (κ2) is 14.4. The molecule has 0 spiro atoms. The topological polar surface area (TPSA) is 148 Å². The van der Waals surface area contributed by atoms with Gasteiger partial charge in [0.2, 0.25) is 17.4 Å². The standard InChI is InChI=1S/C29H43N2O8PS/c1-20(2)26(31-41(36,37)18-12-15-22-13-9-8-10-14-22)40(34,35)19-24(27(32)38-7)23-16-11-17-25(21(23)3)30-28(33)39-29(4,5)6/h8-11,13-14,16-17,20,24,26,31H,12,15,18-19H2,1-7H3,(H,30,33)(H,34,35). The number of hydrogen-bond acceptors (Lipinski definition) is 7. The van der Waals surface area contributed by atoms with Gasteiger partial charge in [-0.05, 0) is 69.2 Å². The van der Waals surface area contributed by atoms with E-state index in [1.807, 2.05) is 30.3 Å². The van der Waals surface area contributed by atoms with Crippen LogP contribution in [-0.4, -0.2) is 55.8 Å². The number of amides is 1. The van der Waals surface area contributed by atoms with Gasteiger partial charge in [0.1, 0.15) is 11.4 Å². The molecule has 2 aromatic rings. The van der Waals surface area contributed by atoms with Crippen LogP contribution in [0, 0.1) is 12.8 Å². The van der Waals surface area contributed by atoms with Crippen molar-refractivity contribution in [1.29, 1.82) is 0 Å². The number of ether oxygens (including phenoxy) is 2. The zero-order valence-corrected chi connectivity index (χ0v) is 26.6. The lowest BCUT2D eigenvalue weighted by atomic mass is 9.95. The van der Waals surface area contributed by atoms with E-state index in [1.54, 1.807) is 59.7 Å². The highest BCUT2D eigenvalue weighted by Crippen LogP contribution is 2.52. The molecule has 2 rings (SSSR count). The predicted octanol–water partition coefficient (Wildman–Crippen LogP) is 5.40. The molecule has 0 radical (unpaired) electrons. The molecule has 3 N–H and O–H groups in total. The normalized spacial score (nSPS) is 15.0. The molecule has 0 aromatic heterocycles. The summed E-state index contributed by atoms with van der Waals surface area (Å²) >= 11 is 0. The van der Waals surface area contributed by atoms with Gasteiger partial charge in [-0.15, -0.1) is 0 Å². The van der Waals surface area contributed by atoms with E-state index in [0.29, 0.717) is 29.7 Å². The summed E-state index contributed by atoms with van der Waals surface area (Å²) in [6, 6.07) is 14.3. The van der Waals surface area contributed by atoms with Gasteiger partial charge >= 0.3 is 12.1 Å². The van der Waals surface area contributed by atoms with Crippen LogP contribution in [-0.2, 0) is 35.3 Å². The fourth-order valence-corrected chi connectivity index (χ4v) is 8.89. The molecule has 0 aliphatic heterocycles. The monoisotopic (exact) mass is 610 g/mol. The van der Waals surface area contributed by atoms with Crippen molar-refractivity contribution < 1.29 is 36.9 Å². The summed E-state index contributed by atoms with van der Waals surface area (Å²) < 4.78 is 52.4. The predicted molar refractivity (Wildman–Crippen MR) is 161 cm³/mol. The molecule has 228 valence electrons. The van der Waals surface area contributed by atoms with Crippen LogP contribution in [0.15, 0.2) is 48.5 Å². The molecule has 0 saturated heterocycles. The average molecular weight is 611 g/mol. The molecule has 3 atom stereocenters. The van der Waals surface area contributed by atoms with Crippen molar-refractivity contribution in [2.24, 2.45) is 5.92 Å². The minimum Gasteiger partial charge on any atom is -0.469 e. The maximum absolute atomic E-state index is 13.8. The Morgan fingerprint density at radius 1 is 1.05 bits per heavy atom. The van der Waals surface area contributed by atoms with E-state index in [9.17, 15) is 27.5 Å². The second-order valence-corrected chi connectivity index (χ2v) is 15.7. The molecule has 0 bridgehead atoms. The summed E-state index contributed by atoms with van der Waals surface area (Å²) in [5.74, 6) is -4.04. The van der Waals surface area contributed by atoms with Crippen molar-refractivity contribution >= 4 is 35.1 Å². The van der Waals surface area contributed by atoms with Gasteiger partial charge in [-0.1, -0.05) is 56.3 Å². The molecule has 41 heavy (non-hydrogen) atoms. The van der Waals surface area contributed by atoms with E-state index in [-0.39, 0.29) is 5.75 Å². The Morgan fingerprint density at radius 2 is 1.68 bits per heavy atom. The van der Waals surface area contributed by atoms with Gasteiger partial charge in [0, 0.05) is 11.8 Å². The van der Waals surface area contributed by atoms with Crippen molar-refractivity contribution in [2.75, 3.05) is 24.3 Å². The van der Waals surface area contributed by atoms with E-state index < -0.39 is 58.8 Å². The average Bonchev–Trinajstić information content (AvgIpc) is 2.86. The van der Waals surface area contributed by atoms with Gasteiger partial charge in [0.05, 0.1) is 18.8 Å². The molecule has 0 aliphatic rings. The van der Waals surface area contributed by atoms with Crippen molar-refractivity contribution in [3.05, 3.63) is 65.2 Å². The van der Waals surface area contributed by atoms with Crippen LogP contribution in [0.5, 0.6) is 0 Å². The van der Waals surface area contributed by atoms with Crippen LogP contribution < -0.4 is 10.0 Å². The Balaban J connectivity index is 2.28. The highest BCUT2D eigenvalue weighted by molar-refractivity contribution is 7.89. The van der Waals surface area contributed by atoms with Crippen molar-refractivity contribution in [1.82, 2.24) is 4.72 Å². The summed E-state index contributed by atoms with van der Waals surface area (Å²) in [5, 5.41) is 2.65. The van der Waals surface area contributed by atoms with Gasteiger partial charge in [0.25, 0.3) is 0 Å². The van der Waals surface area contributed by atoms with Crippen LogP contribution in [0.1, 0.15) is 63.6 Å². The zero-order valence-electron chi connectivity index (χ0n) is 24.8. The number of esters is 1. The molecule has 2 aromatic carbocycles. The molecule has 1 amide bonds. The Morgan fingerprint density at radius 3 is 2.24 bits per heavy atom. The molecule has 3 unspecified atom stereocenters. The first-order valence-corrected chi connectivity index (χ1v) is 17.0. The Kier molecular flexibility index (Phi) is 12.1. The molecule has 0 heterocycles. The van der Waals surface area contributed by atoms with Crippen LogP contribution >= 0.6 is 7.37 Å². The lowest BCUT2D eigenvalue weighted by Crippen LogP contribution is -2.41. The third-order valence-corrected chi connectivity index (χ3v) is 10.5. The first-order valence-electron chi connectivity index (χ1n) is 13.5. The number of anilines is 1. The molecular weight excluding hydrogens is 567 g/mol. The number of rotatable bonds is 13. The van der Waals surface area contributed by atoms with Gasteiger partial charge in [-0.25, -0.2) is 17.9 Å². The molecule has 10 nitrogen and oxygen atoms in total. The number of sulfonamides is 1. The summed E-state index contributed by atoms with van der Waals surface area (Å²) in [6.07, 6.45) is -0.378. The van der Waals surface area contributed by atoms with Crippen molar-refractivity contribution in [3.8, 4) is 0 Å². The Bertz CT molecular complexity index is 1340. The van der Waals surface area contributed by atoms with Gasteiger partial charge in [0.15, 0.2) is 0 Å². The lowest BCUT2D eigenvalue weighted by Gasteiger charge is -2.30. The first kappa shape index (κ1) is 34.5. The third-order valence-electron chi connectivity index (χ3n) is 6.40. The van der Waals surface area contributed by atoms with Gasteiger partial charge in [-0.2, -0.15) is 0 Å². The van der Waals surface area contributed by atoms with E-state index in [0.717, 1.165) is 5.56 Å². The van der Waals surface area contributed by atoms with E-state index in [1.165, 1.54) is 7.11 Å². The smallest absolute Gasteiger partial charge is 0.412 e. The molecule has 12 heteroatoms. The fourth-order valence-electron chi connectivity index (χ4n) is 4.44. The van der Waals surface area contributed by atoms with Crippen LogP contribution in [0.4, 0.5) is 10.5 Å². The second-order valence-electron chi connectivity index (χ2n) is 11.4. The van der Waals surface area contributed by atoms with E-state index >= 15 is 0 Å². The van der Waals surface area contributed by atoms with Gasteiger partial charge in [-0.3, -0.25) is 14.7 Å². The summed E-state index contributed by atoms with van der Waals surface area (Å²) in [5.41, 5.74) is 1.48. The van der Waals surface area contributed by atoms with Crippen LogP contribution in [0.25, 0.3) is 0 Å². The molecule has 0 fully saturated rings. The largest absolute Gasteiger partial charge is 0.469 e. The first-order chi connectivity index (χ1) is 19.0. The van der Waals surface area contributed by atoms with E-state index in [2.05, 4.69) is 10.0 Å². The van der Waals surface area contributed by atoms with Crippen molar-refractivity contribution in [2.45, 2.75) is 71.7 Å².